The van der Waals surface area contributed by atoms with E-state index in [2.05, 4.69) is 16.3 Å². The Morgan fingerprint density at radius 1 is 1.52 bits per heavy atom. The number of hydrogen-bond donors (Lipinski definition) is 1. The van der Waals surface area contributed by atoms with E-state index in [-0.39, 0.29) is 24.4 Å². The Morgan fingerprint density at radius 3 is 2.83 bits per heavy atom. The van der Waals surface area contributed by atoms with Gasteiger partial charge in [-0.15, -0.1) is 11.3 Å². The smallest absolute Gasteiger partial charge is 0.224 e. The molecule has 23 heavy (non-hydrogen) atoms. The molecule has 130 valence electrons. The van der Waals surface area contributed by atoms with E-state index in [1.807, 2.05) is 25.5 Å². The molecule has 1 N–H and O–H groups in total. The van der Waals surface area contributed by atoms with Crippen molar-refractivity contribution in [1.82, 2.24) is 14.5 Å². The molecule has 1 amide bonds. The van der Waals surface area contributed by atoms with Crippen LogP contribution in [-0.4, -0.2) is 63.5 Å². The lowest BCUT2D eigenvalue weighted by Gasteiger charge is -2.31. The maximum atomic E-state index is 12.4. The van der Waals surface area contributed by atoms with Crippen molar-refractivity contribution < 1.29 is 13.2 Å². The summed E-state index contributed by atoms with van der Waals surface area (Å²) in [5.74, 6) is -0.314. The van der Waals surface area contributed by atoms with Crippen LogP contribution in [0.2, 0.25) is 0 Å². The van der Waals surface area contributed by atoms with Crippen molar-refractivity contribution in [3.05, 3.63) is 22.4 Å². The van der Waals surface area contributed by atoms with Crippen LogP contribution in [0.4, 0.5) is 0 Å². The number of nitrogens with zero attached hydrogens (tertiary/aromatic N) is 2. The van der Waals surface area contributed by atoms with Gasteiger partial charge in [-0.2, -0.15) is 0 Å². The average molecular weight is 360 g/mol. The topological polar surface area (TPSA) is 69.7 Å². The second kappa shape index (κ2) is 7.74. The number of nitrogens with one attached hydrogen (secondary N) is 1. The van der Waals surface area contributed by atoms with Gasteiger partial charge in [0.2, 0.25) is 15.9 Å². The molecule has 1 aliphatic heterocycles. The normalized spacial score (nSPS) is 21.3. The number of hydrogen-bond acceptors (Lipinski definition) is 5. The zero-order valence-electron chi connectivity index (χ0n) is 13.9. The molecular weight excluding hydrogens is 334 g/mol. The van der Waals surface area contributed by atoms with Crippen molar-refractivity contribution in [2.24, 2.45) is 5.92 Å². The molecule has 0 bridgehead atoms. The Hall–Kier alpha value is -0.960. The fourth-order valence-corrected chi connectivity index (χ4v) is 4.65. The van der Waals surface area contributed by atoms with Crippen molar-refractivity contribution in [2.75, 3.05) is 40.0 Å². The first kappa shape index (κ1) is 18.4. The van der Waals surface area contributed by atoms with E-state index in [4.69, 9.17) is 0 Å². The predicted octanol–water partition coefficient (Wildman–Crippen LogP) is 1.14. The number of sulfonamides is 1. The first-order chi connectivity index (χ1) is 10.8. The number of thiophene rings is 1. The number of carbonyl (C=O) groups is 1. The number of piperidine rings is 1. The van der Waals surface area contributed by atoms with Gasteiger partial charge >= 0.3 is 0 Å². The first-order valence-electron chi connectivity index (χ1n) is 7.71. The van der Waals surface area contributed by atoms with Crippen LogP contribution in [0.1, 0.15) is 23.8 Å². The summed E-state index contributed by atoms with van der Waals surface area (Å²) in [6.45, 7) is 1.33. The molecule has 2 rings (SSSR count). The Kier molecular flexibility index (Phi) is 6.19. The summed E-state index contributed by atoms with van der Waals surface area (Å²) in [5, 5.41) is 5.03. The molecule has 1 aromatic rings. The highest BCUT2D eigenvalue weighted by Crippen LogP contribution is 2.23. The highest BCUT2D eigenvalue weighted by Gasteiger charge is 2.30. The fourth-order valence-electron chi connectivity index (χ4n) is 2.82. The summed E-state index contributed by atoms with van der Waals surface area (Å²) in [6.07, 6.45) is 2.67. The van der Waals surface area contributed by atoms with Gasteiger partial charge in [0.1, 0.15) is 0 Å². The second-order valence-electron chi connectivity index (χ2n) is 6.20. The lowest BCUT2D eigenvalue weighted by molar-refractivity contribution is -0.126. The minimum absolute atomic E-state index is 0.0539. The monoisotopic (exact) mass is 359 g/mol. The Bertz CT molecular complexity index is 614. The molecule has 0 spiro atoms. The molecule has 0 radical (unpaired) electrons. The van der Waals surface area contributed by atoms with Gasteiger partial charge in [-0.25, -0.2) is 12.7 Å². The van der Waals surface area contributed by atoms with E-state index in [0.717, 1.165) is 12.8 Å². The van der Waals surface area contributed by atoms with Gasteiger partial charge < -0.3 is 10.2 Å². The average Bonchev–Trinajstić information content (AvgIpc) is 3.00. The zero-order valence-corrected chi connectivity index (χ0v) is 15.5. The SMILES string of the molecule is CN(C)C(CNC(=O)C1CCCN(S(C)(=O)=O)C1)c1cccs1. The molecule has 2 atom stereocenters. The van der Waals surface area contributed by atoms with Gasteiger partial charge in [0.25, 0.3) is 0 Å². The van der Waals surface area contributed by atoms with Crippen molar-refractivity contribution in [2.45, 2.75) is 18.9 Å². The molecule has 0 saturated carbocycles. The summed E-state index contributed by atoms with van der Waals surface area (Å²) in [4.78, 5) is 15.7. The van der Waals surface area contributed by atoms with Crippen molar-refractivity contribution in [3.63, 3.8) is 0 Å². The van der Waals surface area contributed by atoms with Crippen LogP contribution < -0.4 is 5.32 Å². The maximum Gasteiger partial charge on any atom is 0.224 e. The van der Waals surface area contributed by atoms with Crippen LogP contribution in [0.25, 0.3) is 0 Å². The fraction of sp³-hybridized carbons (Fsp3) is 0.667. The third-order valence-electron chi connectivity index (χ3n) is 4.19. The summed E-state index contributed by atoms with van der Waals surface area (Å²) < 4.78 is 24.7. The molecule has 1 aromatic heterocycles. The molecule has 1 fully saturated rings. The summed E-state index contributed by atoms with van der Waals surface area (Å²) in [7, 11) is 0.752. The molecule has 8 heteroatoms. The van der Waals surface area contributed by atoms with E-state index in [1.165, 1.54) is 15.4 Å². The zero-order chi connectivity index (χ0) is 17.0. The van der Waals surface area contributed by atoms with Crippen molar-refractivity contribution in [3.8, 4) is 0 Å². The Labute approximate surface area is 142 Å². The number of rotatable bonds is 6. The van der Waals surface area contributed by atoms with Crippen LogP contribution in [0, 0.1) is 5.92 Å². The minimum Gasteiger partial charge on any atom is -0.354 e. The molecule has 2 unspecified atom stereocenters. The van der Waals surface area contributed by atoms with Crippen LogP contribution in [-0.2, 0) is 14.8 Å². The Balaban J connectivity index is 1.93. The lowest BCUT2D eigenvalue weighted by Crippen LogP contribution is -2.46. The van der Waals surface area contributed by atoms with E-state index in [0.29, 0.717) is 13.1 Å². The number of carbonyl (C=O) groups excluding carboxylic acids is 1. The largest absolute Gasteiger partial charge is 0.354 e. The van der Waals surface area contributed by atoms with Gasteiger partial charge in [-0.05, 0) is 38.4 Å². The van der Waals surface area contributed by atoms with Crippen LogP contribution >= 0.6 is 11.3 Å². The second-order valence-corrected chi connectivity index (χ2v) is 9.16. The van der Waals surface area contributed by atoms with Crippen LogP contribution in [0.5, 0.6) is 0 Å². The molecule has 6 nitrogen and oxygen atoms in total. The van der Waals surface area contributed by atoms with Crippen molar-refractivity contribution >= 4 is 27.3 Å². The van der Waals surface area contributed by atoms with Gasteiger partial charge in [-0.1, -0.05) is 6.07 Å². The molecular formula is C15H25N3O3S2. The third-order valence-corrected chi connectivity index (χ3v) is 6.43. The summed E-state index contributed by atoms with van der Waals surface area (Å²) in [6, 6.07) is 4.20. The number of amides is 1. The van der Waals surface area contributed by atoms with Gasteiger partial charge in [0, 0.05) is 24.5 Å². The third kappa shape index (κ3) is 5.00. The maximum absolute atomic E-state index is 12.4. The molecule has 2 heterocycles. The lowest BCUT2D eigenvalue weighted by atomic mass is 9.98. The molecule has 1 saturated heterocycles. The van der Waals surface area contributed by atoms with E-state index < -0.39 is 10.0 Å². The van der Waals surface area contributed by atoms with E-state index >= 15 is 0 Å². The molecule has 0 aromatic carbocycles. The highest BCUT2D eigenvalue weighted by molar-refractivity contribution is 7.88. The van der Waals surface area contributed by atoms with Gasteiger partial charge in [-0.3, -0.25) is 4.79 Å². The number of likely N-dealkylation sites (N-methyl/N-ethyl adjacent to an activating group) is 1. The summed E-state index contributed by atoms with van der Waals surface area (Å²) in [5.41, 5.74) is 0. The first-order valence-corrected chi connectivity index (χ1v) is 10.4. The van der Waals surface area contributed by atoms with Gasteiger partial charge in [0.15, 0.2) is 0 Å². The van der Waals surface area contributed by atoms with E-state index in [9.17, 15) is 13.2 Å². The predicted molar refractivity (Wildman–Crippen MR) is 92.9 cm³/mol. The van der Waals surface area contributed by atoms with Crippen LogP contribution in [0.15, 0.2) is 17.5 Å². The molecule has 0 aliphatic carbocycles. The van der Waals surface area contributed by atoms with E-state index in [1.54, 1.807) is 11.3 Å². The minimum atomic E-state index is -3.23. The Morgan fingerprint density at radius 2 is 2.26 bits per heavy atom. The summed E-state index contributed by atoms with van der Waals surface area (Å²) >= 11 is 1.67. The standard InChI is InChI=1S/C15H25N3O3S2/c1-17(2)13(14-7-5-9-22-14)10-16-15(19)12-6-4-8-18(11-12)23(3,20)21/h5,7,9,12-13H,4,6,8,10-11H2,1-3H3,(H,16,19). The van der Waals surface area contributed by atoms with Crippen LogP contribution in [0.3, 0.4) is 0 Å². The van der Waals surface area contributed by atoms with Crippen molar-refractivity contribution in [1.29, 1.82) is 0 Å². The highest BCUT2D eigenvalue weighted by atomic mass is 32.2. The quantitative estimate of drug-likeness (QED) is 0.827. The van der Waals surface area contributed by atoms with Gasteiger partial charge in [0.05, 0.1) is 18.2 Å². The molecule has 1 aliphatic rings.